The van der Waals surface area contributed by atoms with E-state index < -0.39 is 0 Å². The van der Waals surface area contributed by atoms with Gasteiger partial charge in [-0.1, -0.05) is 45.0 Å². The minimum absolute atomic E-state index is 0.194. The van der Waals surface area contributed by atoms with Crippen molar-refractivity contribution in [2.75, 3.05) is 19.6 Å². The minimum Gasteiger partial charge on any atom is -0.326 e. The molecule has 0 saturated heterocycles. The maximum atomic E-state index is 6.30. The summed E-state index contributed by atoms with van der Waals surface area (Å²) in [7, 11) is 0. The Morgan fingerprint density at radius 3 is 2.06 bits per heavy atom. The zero-order chi connectivity index (χ0) is 13.2. The second-order valence-corrected chi connectivity index (χ2v) is 6.54. The molecule has 1 heterocycles. The van der Waals surface area contributed by atoms with Gasteiger partial charge in [0.25, 0.3) is 0 Å². The molecule has 0 amide bonds. The summed E-state index contributed by atoms with van der Waals surface area (Å²) in [6.07, 6.45) is 2.32. The van der Waals surface area contributed by atoms with Gasteiger partial charge >= 0.3 is 0 Å². The molecule has 0 bridgehead atoms. The highest BCUT2D eigenvalue weighted by molar-refractivity contribution is 5.28. The van der Waals surface area contributed by atoms with E-state index in [1.54, 1.807) is 0 Å². The quantitative estimate of drug-likeness (QED) is 0.868. The highest BCUT2D eigenvalue weighted by atomic mass is 15.1. The molecule has 0 radical (unpaired) electrons. The average Bonchev–Trinajstić information content (AvgIpc) is 2.51. The van der Waals surface area contributed by atoms with Crippen LogP contribution in [0.25, 0.3) is 0 Å². The molecule has 2 rings (SSSR count). The standard InChI is InChI=1S/C16H26N2/c1-16(2,3)15(17)12-18-10-8-13-6-4-5-7-14(13)9-11-18/h4-7,15H,8-12,17H2,1-3H3/t15-/m0/s1. The summed E-state index contributed by atoms with van der Waals surface area (Å²) in [5, 5.41) is 0. The summed E-state index contributed by atoms with van der Waals surface area (Å²) in [6, 6.07) is 9.08. The third-order valence-corrected chi connectivity index (χ3v) is 4.08. The summed E-state index contributed by atoms with van der Waals surface area (Å²) < 4.78 is 0. The summed E-state index contributed by atoms with van der Waals surface area (Å²) >= 11 is 0. The lowest BCUT2D eigenvalue weighted by molar-refractivity contribution is 0.205. The second kappa shape index (κ2) is 5.41. The Bertz CT molecular complexity index is 365. The van der Waals surface area contributed by atoms with Gasteiger partial charge in [0.2, 0.25) is 0 Å². The fraction of sp³-hybridized carbons (Fsp3) is 0.625. The predicted molar refractivity (Wildman–Crippen MR) is 77.7 cm³/mol. The van der Waals surface area contributed by atoms with Crippen LogP contribution in [0.2, 0.25) is 0 Å². The molecule has 2 heteroatoms. The lowest BCUT2D eigenvalue weighted by Gasteiger charge is -2.32. The summed E-state index contributed by atoms with van der Waals surface area (Å²) in [5.74, 6) is 0. The van der Waals surface area contributed by atoms with Crippen molar-refractivity contribution in [3.05, 3.63) is 35.4 Å². The Hall–Kier alpha value is -0.860. The van der Waals surface area contributed by atoms with Crippen molar-refractivity contribution in [1.29, 1.82) is 0 Å². The molecule has 1 aromatic carbocycles. The van der Waals surface area contributed by atoms with Gasteiger partial charge in [-0.3, -0.25) is 0 Å². The van der Waals surface area contributed by atoms with Crippen LogP contribution in [0, 0.1) is 5.41 Å². The van der Waals surface area contributed by atoms with Crippen LogP contribution in [0.5, 0.6) is 0 Å². The van der Waals surface area contributed by atoms with Crippen LogP contribution in [0.15, 0.2) is 24.3 Å². The maximum Gasteiger partial charge on any atom is 0.0217 e. The van der Waals surface area contributed by atoms with Crippen LogP contribution in [-0.2, 0) is 12.8 Å². The topological polar surface area (TPSA) is 29.3 Å². The van der Waals surface area contributed by atoms with Gasteiger partial charge in [0.05, 0.1) is 0 Å². The van der Waals surface area contributed by atoms with E-state index in [4.69, 9.17) is 5.73 Å². The van der Waals surface area contributed by atoms with Gasteiger partial charge in [-0.25, -0.2) is 0 Å². The predicted octanol–water partition coefficient (Wildman–Crippen LogP) is 2.46. The Morgan fingerprint density at radius 1 is 1.11 bits per heavy atom. The molecule has 0 unspecified atom stereocenters. The molecule has 1 atom stereocenters. The first-order valence-corrected chi connectivity index (χ1v) is 7.01. The average molecular weight is 246 g/mol. The molecule has 100 valence electrons. The molecule has 2 nitrogen and oxygen atoms in total. The van der Waals surface area contributed by atoms with Crippen LogP contribution >= 0.6 is 0 Å². The van der Waals surface area contributed by atoms with Crippen molar-refractivity contribution < 1.29 is 0 Å². The zero-order valence-electron chi connectivity index (χ0n) is 11.9. The van der Waals surface area contributed by atoms with E-state index in [9.17, 15) is 0 Å². The molecular formula is C16H26N2. The fourth-order valence-corrected chi connectivity index (χ4v) is 2.45. The summed E-state index contributed by atoms with van der Waals surface area (Å²) in [5.41, 5.74) is 9.53. The van der Waals surface area contributed by atoms with E-state index in [0.29, 0.717) is 0 Å². The van der Waals surface area contributed by atoms with Crippen LogP contribution in [0.3, 0.4) is 0 Å². The number of benzene rings is 1. The number of nitrogens with two attached hydrogens (primary N) is 1. The lowest BCUT2D eigenvalue weighted by atomic mass is 9.87. The normalized spacial score (nSPS) is 19.1. The van der Waals surface area contributed by atoms with Gasteiger partial charge in [-0.2, -0.15) is 0 Å². The van der Waals surface area contributed by atoms with Gasteiger partial charge in [0.1, 0.15) is 0 Å². The van der Waals surface area contributed by atoms with Gasteiger partial charge in [0, 0.05) is 25.7 Å². The second-order valence-electron chi connectivity index (χ2n) is 6.54. The highest BCUT2D eigenvalue weighted by Gasteiger charge is 2.23. The SMILES string of the molecule is CC(C)(C)[C@@H](N)CN1CCc2ccccc2CC1. The van der Waals surface area contributed by atoms with E-state index in [1.165, 1.54) is 11.1 Å². The first kappa shape index (κ1) is 13.6. The van der Waals surface area contributed by atoms with Crippen LogP contribution in [0.4, 0.5) is 0 Å². The van der Waals surface area contributed by atoms with E-state index >= 15 is 0 Å². The number of fused-ring (bicyclic) bond motifs is 1. The monoisotopic (exact) mass is 246 g/mol. The van der Waals surface area contributed by atoms with E-state index in [-0.39, 0.29) is 11.5 Å². The molecular weight excluding hydrogens is 220 g/mol. The Morgan fingerprint density at radius 2 is 1.61 bits per heavy atom. The highest BCUT2D eigenvalue weighted by Crippen LogP contribution is 2.20. The number of nitrogens with zero attached hydrogens (tertiary/aromatic N) is 1. The van der Waals surface area contributed by atoms with E-state index in [1.807, 2.05) is 0 Å². The minimum atomic E-state index is 0.194. The Labute approximate surface area is 111 Å². The van der Waals surface area contributed by atoms with Crippen molar-refractivity contribution in [3.63, 3.8) is 0 Å². The molecule has 0 aliphatic carbocycles. The number of rotatable bonds is 2. The van der Waals surface area contributed by atoms with Crippen molar-refractivity contribution in [2.45, 2.75) is 39.7 Å². The Balaban J connectivity index is 1.96. The first-order chi connectivity index (χ1) is 8.47. The van der Waals surface area contributed by atoms with Crippen molar-refractivity contribution >= 4 is 0 Å². The van der Waals surface area contributed by atoms with E-state index in [2.05, 4.69) is 49.9 Å². The van der Waals surface area contributed by atoms with Gasteiger partial charge in [-0.15, -0.1) is 0 Å². The zero-order valence-corrected chi connectivity index (χ0v) is 11.9. The van der Waals surface area contributed by atoms with Crippen molar-refractivity contribution in [2.24, 2.45) is 11.1 Å². The molecule has 0 aromatic heterocycles. The molecule has 0 fully saturated rings. The molecule has 1 aliphatic heterocycles. The Kier molecular flexibility index (Phi) is 4.08. The van der Waals surface area contributed by atoms with Gasteiger partial charge < -0.3 is 10.6 Å². The number of hydrogen-bond acceptors (Lipinski definition) is 2. The molecule has 2 N–H and O–H groups in total. The molecule has 18 heavy (non-hydrogen) atoms. The third-order valence-electron chi connectivity index (χ3n) is 4.08. The van der Waals surface area contributed by atoms with Crippen LogP contribution in [-0.4, -0.2) is 30.6 Å². The largest absolute Gasteiger partial charge is 0.326 e. The summed E-state index contributed by atoms with van der Waals surface area (Å²) in [6.45, 7) is 9.97. The van der Waals surface area contributed by atoms with Crippen LogP contribution < -0.4 is 5.73 Å². The molecule has 0 saturated carbocycles. The smallest absolute Gasteiger partial charge is 0.0217 e. The van der Waals surface area contributed by atoms with Crippen molar-refractivity contribution in [1.82, 2.24) is 4.90 Å². The molecule has 1 aromatic rings. The third kappa shape index (κ3) is 3.33. The lowest BCUT2D eigenvalue weighted by Crippen LogP contribution is -2.46. The summed E-state index contributed by atoms with van der Waals surface area (Å²) in [4.78, 5) is 2.52. The fourth-order valence-electron chi connectivity index (χ4n) is 2.45. The van der Waals surface area contributed by atoms with Crippen LogP contribution in [0.1, 0.15) is 31.9 Å². The van der Waals surface area contributed by atoms with Crippen molar-refractivity contribution in [3.8, 4) is 0 Å². The molecule has 1 aliphatic rings. The molecule has 0 spiro atoms. The maximum absolute atomic E-state index is 6.30. The van der Waals surface area contributed by atoms with Gasteiger partial charge in [-0.05, 0) is 29.4 Å². The first-order valence-electron chi connectivity index (χ1n) is 7.01. The number of hydrogen-bond donors (Lipinski definition) is 1. The van der Waals surface area contributed by atoms with Gasteiger partial charge in [0.15, 0.2) is 0 Å². The van der Waals surface area contributed by atoms with E-state index in [0.717, 1.165) is 32.5 Å².